The van der Waals surface area contributed by atoms with Gasteiger partial charge in [-0.1, -0.05) is 62.4 Å². The molecule has 2 amide bonds. The van der Waals surface area contributed by atoms with E-state index in [1.165, 1.54) is 12.5 Å². The fourth-order valence-electron chi connectivity index (χ4n) is 4.38. The molecule has 0 unspecified atom stereocenters. The molecule has 182 valence electrons. The highest BCUT2D eigenvalue weighted by Gasteiger charge is 2.32. The molecule has 1 aliphatic rings. The predicted octanol–water partition coefficient (Wildman–Crippen LogP) is 3.08. The minimum absolute atomic E-state index is 0.0385. The number of H-pyrrole nitrogens is 1. The molecule has 0 saturated carbocycles. The minimum Gasteiger partial charge on any atom is -0.480 e. The van der Waals surface area contributed by atoms with Crippen molar-refractivity contribution < 1.29 is 24.2 Å². The van der Waals surface area contributed by atoms with E-state index < -0.39 is 30.1 Å². The number of ether oxygens (including phenoxy) is 1. The molecule has 3 aromatic rings. The first-order valence-electron chi connectivity index (χ1n) is 11.5. The van der Waals surface area contributed by atoms with Gasteiger partial charge in [-0.05, 0) is 28.2 Å². The highest BCUT2D eigenvalue weighted by atomic mass is 16.5. The van der Waals surface area contributed by atoms with Gasteiger partial charge in [0.05, 0.1) is 6.33 Å². The number of aromatic nitrogens is 2. The van der Waals surface area contributed by atoms with Crippen LogP contribution in [0.2, 0.25) is 0 Å². The average Bonchev–Trinajstić information content (AvgIpc) is 3.46. The number of imidazole rings is 1. The Balaban J connectivity index is 1.39. The fraction of sp³-hybridized carbons (Fsp3) is 0.308. The van der Waals surface area contributed by atoms with Crippen molar-refractivity contribution in [2.24, 2.45) is 5.92 Å². The molecule has 0 spiro atoms. The van der Waals surface area contributed by atoms with Crippen molar-refractivity contribution in [3.05, 3.63) is 77.9 Å². The number of hydrogen-bond acceptors (Lipinski definition) is 5. The zero-order chi connectivity index (χ0) is 24.9. The Labute approximate surface area is 202 Å². The lowest BCUT2D eigenvalue weighted by molar-refractivity contribution is -0.142. The van der Waals surface area contributed by atoms with E-state index in [0.29, 0.717) is 5.69 Å². The van der Waals surface area contributed by atoms with Crippen molar-refractivity contribution in [2.45, 2.75) is 38.3 Å². The number of carbonyl (C=O) groups is 3. The van der Waals surface area contributed by atoms with Crippen LogP contribution in [-0.4, -0.2) is 51.7 Å². The van der Waals surface area contributed by atoms with Gasteiger partial charge in [-0.2, -0.15) is 0 Å². The molecule has 35 heavy (non-hydrogen) atoms. The smallest absolute Gasteiger partial charge is 0.407 e. The van der Waals surface area contributed by atoms with Crippen LogP contribution < -0.4 is 10.6 Å². The Bertz CT molecular complexity index is 1160. The van der Waals surface area contributed by atoms with Gasteiger partial charge in [0.25, 0.3) is 0 Å². The molecular formula is C26H28N4O5. The number of aliphatic carboxylic acids is 1. The van der Waals surface area contributed by atoms with E-state index in [4.69, 9.17) is 4.74 Å². The van der Waals surface area contributed by atoms with Crippen molar-refractivity contribution in [1.82, 2.24) is 20.6 Å². The second-order valence-corrected chi connectivity index (χ2v) is 8.87. The van der Waals surface area contributed by atoms with Crippen molar-refractivity contribution in [2.75, 3.05) is 6.61 Å². The van der Waals surface area contributed by atoms with Gasteiger partial charge >= 0.3 is 12.1 Å². The van der Waals surface area contributed by atoms with Crippen LogP contribution in [0.15, 0.2) is 61.1 Å². The standard InChI is InChI=1S/C26H28N4O5/c1-15(2)23(24(31)29-22(25(32)33)11-16-12-27-14-28-16)30-26(34)35-13-21-19-9-5-3-7-17(19)18-8-4-6-10-20(18)21/h3-10,12,14-15,21-23H,11,13H2,1-2H3,(H,27,28)(H,29,31)(H,30,34)(H,32,33)/t22-,23-/m1/s1. The van der Waals surface area contributed by atoms with E-state index in [1.54, 1.807) is 13.8 Å². The summed E-state index contributed by atoms with van der Waals surface area (Å²) in [5.41, 5.74) is 4.98. The second-order valence-electron chi connectivity index (χ2n) is 8.87. The number of benzene rings is 2. The number of fused-ring (bicyclic) bond motifs is 3. The second kappa shape index (κ2) is 10.4. The normalized spacial score (nSPS) is 14.0. The molecule has 2 aromatic carbocycles. The Morgan fingerprint density at radius 3 is 2.20 bits per heavy atom. The number of carbonyl (C=O) groups excluding carboxylic acids is 2. The molecule has 9 nitrogen and oxygen atoms in total. The molecule has 1 aliphatic carbocycles. The van der Waals surface area contributed by atoms with Crippen LogP contribution >= 0.6 is 0 Å². The van der Waals surface area contributed by atoms with Crippen LogP contribution in [0.1, 0.15) is 36.6 Å². The summed E-state index contributed by atoms with van der Waals surface area (Å²) in [7, 11) is 0. The summed E-state index contributed by atoms with van der Waals surface area (Å²) in [6, 6.07) is 13.9. The summed E-state index contributed by atoms with van der Waals surface area (Å²) in [6.07, 6.45) is 2.24. The first-order valence-corrected chi connectivity index (χ1v) is 11.5. The van der Waals surface area contributed by atoms with Crippen molar-refractivity contribution in [3.8, 4) is 11.1 Å². The molecule has 0 fully saturated rings. The number of amides is 2. The predicted molar refractivity (Wildman–Crippen MR) is 129 cm³/mol. The van der Waals surface area contributed by atoms with E-state index in [2.05, 4.69) is 32.7 Å². The number of hydrogen-bond donors (Lipinski definition) is 4. The number of rotatable bonds is 9. The molecule has 2 atom stereocenters. The average molecular weight is 477 g/mol. The SMILES string of the molecule is CC(C)[C@@H](NC(=O)OCC1c2ccccc2-c2ccccc21)C(=O)N[C@H](Cc1cnc[nH]1)C(=O)O. The Kier molecular flexibility index (Phi) is 7.14. The summed E-state index contributed by atoms with van der Waals surface area (Å²) in [5, 5.41) is 14.6. The molecule has 1 heterocycles. The number of carboxylic acids is 1. The summed E-state index contributed by atoms with van der Waals surface area (Å²) in [5.74, 6) is -2.18. The molecule has 0 aliphatic heterocycles. The Morgan fingerprint density at radius 2 is 1.66 bits per heavy atom. The third kappa shape index (κ3) is 5.34. The molecular weight excluding hydrogens is 448 g/mol. The number of aromatic amines is 1. The topological polar surface area (TPSA) is 133 Å². The maximum Gasteiger partial charge on any atom is 0.407 e. The molecule has 4 N–H and O–H groups in total. The van der Waals surface area contributed by atoms with Gasteiger partial charge < -0.3 is 25.5 Å². The zero-order valence-corrected chi connectivity index (χ0v) is 19.5. The number of nitrogens with zero attached hydrogens (tertiary/aromatic N) is 1. The van der Waals surface area contributed by atoms with Crippen LogP contribution in [0.5, 0.6) is 0 Å². The maximum absolute atomic E-state index is 12.9. The lowest BCUT2D eigenvalue weighted by atomic mass is 9.98. The van der Waals surface area contributed by atoms with Crippen molar-refractivity contribution >= 4 is 18.0 Å². The number of alkyl carbamates (subject to hydrolysis) is 1. The molecule has 0 saturated heterocycles. The van der Waals surface area contributed by atoms with E-state index >= 15 is 0 Å². The largest absolute Gasteiger partial charge is 0.480 e. The zero-order valence-electron chi connectivity index (χ0n) is 19.5. The van der Waals surface area contributed by atoms with Gasteiger partial charge in [-0.25, -0.2) is 14.6 Å². The molecule has 0 bridgehead atoms. The molecule has 4 rings (SSSR count). The van der Waals surface area contributed by atoms with E-state index in [-0.39, 0.29) is 24.9 Å². The van der Waals surface area contributed by atoms with Gasteiger partial charge in [-0.15, -0.1) is 0 Å². The lowest BCUT2D eigenvalue weighted by Gasteiger charge is -2.24. The van der Waals surface area contributed by atoms with E-state index in [9.17, 15) is 19.5 Å². The summed E-state index contributed by atoms with van der Waals surface area (Å²) in [4.78, 5) is 43.9. The van der Waals surface area contributed by atoms with Gasteiger partial charge in [-0.3, -0.25) is 4.79 Å². The third-order valence-corrected chi connectivity index (χ3v) is 6.16. The Hall–Kier alpha value is -4.14. The highest BCUT2D eigenvalue weighted by Crippen LogP contribution is 2.44. The quantitative estimate of drug-likeness (QED) is 0.375. The van der Waals surface area contributed by atoms with Crippen molar-refractivity contribution in [3.63, 3.8) is 0 Å². The monoisotopic (exact) mass is 476 g/mol. The lowest BCUT2D eigenvalue weighted by Crippen LogP contribution is -2.54. The minimum atomic E-state index is -1.18. The van der Waals surface area contributed by atoms with Gasteiger partial charge in [0, 0.05) is 24.2 Å². The Morgan fingerprint density at radius 1 is 1.03 bits per heavy atom. The summed E-state index contributed by atoms with van der Waals surface area (Å²) < 4.78 is 5.55. The van der Waals surface area contributed by atoms with Gasteiger partial charge in [0.2, 0.25) is 5.91 Å². The number of nitrogens with one attached hydrogen (secondary N) is 3. The van der Waals surface area contributed by atoms with Crippen LogP contribution in [-0.2, 0) is 20.7 Å². The van der Waals surface area contributed by atoms with Crippen LogP contribution in [0.4, 0.5) is 4.79 Å². The first kappa shape index (κ1) is 24.0. The molecule has 0 radical (unpaired) electrons. The highest BCUT2D eigenvalue weighted by molar-refractivity contribution is 5.89. The van der Waals surface area contributed by atoms with Crippen LogP contribution in [0.3, 0.4) is 0 Å². The van der Waals surface area contributed by atoms with Crippen molar-refractivity contribution in [1.29, 1.82) is 0 Å². The van der Waals surface area contributed by atoms with Crippen LogP contribution in [0, 0.1) is 5.92 Å². The molecule has 1 aromatic heterocycles. The maximum atomic E-state index is 12.9. The van der Waals surface area contributed by atoms with E-state index in [0.717, 1.165) is 22.3 Å². The van der Waals surface area contributed by atoms with Gasteiger partial charge in [0.1, 0.15) is 18.7 Å². The first-order chi connectivity index (χ1) is 16.8. The fourth-order valence-corrected chi connectivity index (χ4v) is 4.38. The van der Waals surface area contributed by atoms with Gasteiger partial charge in [0.15, 0.2) is 0 Å². The van der Waals surface area contributed by atoms with E-state index in [1.807, 2.05) is 36.4 Å². The third-order valence-electron chi connectivity index (χ3n) is 6.16. The summed E-state index contributed by atoms with van der Waals surface area (Å²) >= 11 is 0. The van der Waals surface area contributed by atoms with Crippen LogP contribution in [0.25, 0.3) is 11.1 Å². The summed E-state index contributed by atoms with van der Waals surface area (Å²) in [6.45, 7) is 3.64. The molecule has 9 heteroatoms. The number of carboxylic acid groups (broad SMARTS) is 1.